The number of nitrogens with one attached hydrogen (secondary N) is 1. The zero-order chi connectivity index (χ0) is 19.4. The molecule has 8 heteroatoms. The molecule has 0 aromatic heterocycles. The van der Waals surface area contributed by atoms with Crippen molar-refractivity contribution in [2.45, 2.75) is 24.9 Å². The Morgan fingerprint density at radius 2 is 1.74 bits per heavy atom. The Bertz CT molecular complexity index is 878. The van der Waals surface area contributed by atoms with Crippen LogP contribution in [0.5, 0.6) is 0 Å². The summed E-state index contributed by atoms with van der Waals surface area (Å²) < 4.78 is 5.30. The third-order valence-corrected chi connectivity index (χ3v) is 4.60. The largest absolute Gasteiger partial charge is 0.480 e. The molecule has 2 aromatic carbocycles. The lowest BCUT2D eigenvalue weighted by Crippen LogP contribution is -2.47. The molecule has 3 rings (SSSR count). The van der Waals surface area contributed by atoms with Gasteiger partial charge in [0.25, 0.3) is 0 Å². The third-order valence-electron chi connectivity index (χ3n) is 4.60. The molecule has 0 heterocycles. The summed E-state index contributed by atoms with van der Waals surface area (Å²) in [6.07, 6.45) is -0.871. The van der Waals surface area contributed by atoms with Gasteiger partial charge >= 0.3 is 12.1 Å². The van der Waals surface area contributed by atoms with E-state index >= 15 is 0 Å². The van der Waals surface area contributed by atoms with Gasteiger partial charge in [0.05, 0.1) is 6.04 Å². The Morgan fingerprint density at radius 3 is 2.26 bits per heavy atom. The maximum Gasteiger partial charge on any atom is 0.407 e. The molecule has 0 saturated heterocycles. The van der Waals surface area contributed by atoms with Crippen molar-refractivity contribution in [3.8, 4) is 11.1 Å². The van der Waals surface area contributed by atoms with E-state index in [9.17, 15) is 14.7 Å². The second kappa shape index (κ2) is 7.80. The lowest BCUT2D eigenvalue weighted by atomic mass is 9.98. The highest BCUT2D eigenvalue weighted by atomic mass is 16.5. The van der Waals surface area contributed by atoms with Gasteiger partial charge in [0.2, 0.25) is 0 Å². The van der Waals surface area contributed by atoms with Crippen LogP contribution in [0.4, 0.5) is 4.79 Å². The van der Waals surface area contributed by atoms with Crippen molar-refractivity contribution in [3.63, 3.8) is 0 Å². The van der Waals surface area contributed by atoms with Crippen LogP contribution >= 0.6 is 0 Å². The summed E-state index contributed by atoms with van der Waals surface area (Å²) in [7, 11) is 0. The maximum atomic E-state index is 12.1. The normalized spacial score (nSPS) is 14.3. The van der Waals surface area contributed by atoms with Crippen LogP contribution < -0.4 is 5.32 Å². The number of aliphatic carboxylic acids is 1. The van der Waals surface area contributed by atoms with Crippen molar-refractivity contribution in [3.05, 3.63) is 70.1 Å². The number of nitrogens with zero attached hydrogens (tertiary/aromatic N) is 3. The predicted octanol–water partition coefficient (Wildman–Crippen LogP) is 3.68. The van der Waals surface area contributed by atoms with Gasteiger partial charge in [0.15, 0.2) is 0 Å². The molecule has 0 fully saturated rings. The molecular formula is C19H18N4O4. The zero-order valence-corrected chi connectivity index (χ0v) is 14.6. The summed E-state index contributed by atoms with van der Waals surface area (Å²) in [5.41, 5.74) is 12.8. The third kappa shape index (κ3) is 3.70. The molecule has 2 aromatic rings. The van der Waals surface area contributed by atoms with Crippen LogP contribution in [0, 0.1) is 0 Å². The van der Waals surface area contributed by atoms with Gasteiger partial charge in [-0.1, -0.05) is 60.6 Å². The number of carboxylic acid groups (broad SMARTS) is 1. The summed E-state index contributed by atoms with van der Waals surface area (Å²) >= 11 is 0. The molecule has 138 valence electrons. The number of fused-ring (bicyclic) bond motifs is 3. The number of rotatable bonds is 6. The van der Waals surface area contributed by atoms with Crippen LogP contribution in [0.15, 0.2) is 53.6 Å². The first-order chi connectivity index (χ1) is 13.0. The van der Waals surface area contributed by atoms with Crippen molar-refractivity contribution in [1.29, 1.82) is 0 Å². The fraction of sp³-hybridized carbons (Fsp3) is 0.263. The van der Waals surface area contributed by atoms with Crippen LogP contribution in [0.25, 0.3) is 21.6 Å². The highest BCUT2D eigenvalue weighted by Crippen LogP contribution is 2.44. The number of benzene rings is 2. The van der Waals surface area contributed by atoms with E-state index < -0.39 is 24.1 Å². The van der Waals surface area contributed by atoms with E-state index in [1.54, 1.807) is 0 Å². The Labute approximate surface area is 155 Å². The van der Waals surface area contributed by atoms with Crippen molar-refractivity contribution >= 4 is 12.1 Å². The van der Waals surface area contributed by atoms with Gasteiger partial charge < -0.3 is 15.2 Å². The average Bonchev–Trinajstić information content (AvgIpc) is 2.98. The topological polar surface area (TPSA) is 124 Å². The molecule has 1 amide bonds. The zero-order valence-electron chi connectivity index (χ0n) is 14.6. The molecule has 1 aliphatic carbocycles. The van der Waals surface area contributed by atoms with E-state index in [-0.39, 0.29) is 12.5 Å². The molecule has 0 radical (unpaired) electrons. The Morgan fingerprint density at radius 1 is 1.19 bits per heavy atom. The molecule has 0 bridgehead atoms. The fourth-order valence-corrected chi connectivity index (χ4v) is 3.30. The van der Waals surface area contributed by atoms with E-state index in [2.05, 4.69) is 15.3 Å². The number of carbonyl (C=O) groups excluding carboxylic acids is 1. The molecule has 0 saturated carbocycles. The van der Waals surface area contributed by atoms with Crippen LogP contribution in [0.2, 0.25) is 0 Å². The van der Waals surface area contributed by atoms with E-state index in [4.69, 9.17) is 10.3 Å². The number of alkyl carbamates (subject to hydrolysis) is 1. The summed E-state index contributed by atoms with van der Waals surface area (Å²) in [5, 5.41) is 14.8. The first-order valence-corrected chi connectivity index (χ1v) is 8.41. The molecule has 2 N–H and O–H groups in total. The maximum absolute atomic E-state index is 12.1. The lowest BCUT2D eigenvalue weighted by Gasteiger charge is -2.19. The van der Waals surface area contributed by atoms with Gasteiger partial charge in [-0.15, -0.1) is 0 Å². The molecule has 0 spiro atoms. The minimum Gasteiger partial charge on any atom is -0.480 e. The van der Waals surface area contributed by atoms with Gasteiger partial charge in [0.1, 0.15) is 12.6 Å². The number of amides is 1. The van der Waals surface area contributed by atoms with Gasteiger partial charge in [-0.2, -0.15) is 0 Å². The predicted molar refractivity (Wildman–Crippen MR) is 98.2 cm³/mol. The van der Waals surface area contributed by atoms with Gasteiger partial charge in [0, 0.05) is 10.8 Å². The molecule has 1 aliphatic rings. The summed E-state index contributed by atoms with van der Waals surface area (Å²) in [6, 6.07) is 13.5. The number of ether oxygens (including phenoxy) is 1. The standard InChI is InChI=1S/C19H18N4O4/c1-11(22-23-20)17(18(24)25)21-19(26)27-10-16-14-8-4-2-6-12(14)13-7-3-5-9-15(13)16/h2-9,11,16-17H,10H2,1H3,(H,21,26)(H,24,25)/t11-,17+/m0/s1. The second-order valence-corrected chi connectivity index (χ2v) is 6.23. The molecule has 27 heavy (non-hydrogen) atoms. The fourth-order valence-electron chi connectivity index (χ4n) is 3.30. The molecule has 0 aliphatic heterocycles. The summed E-state index contributed by atoms with van der Waals surface area (Å²) in [4.78, 5) is 26.0. The number of hydrogen-bond acceptors (Lipinski definition) is 4. The average molecular weight is 366 g/mol. The minimum absolute atomic E-state index is 0.0715. The Kier molecular flexibility index (Phi) is 5.28. The van der Waals surface area contributed by atoms with Gasteiger partial charge in [-0.05, 0) is 27.8 Å². The first-order valence-electron chi connectivity index (χ1n) is 8.41. The minimum atomic E-state index is -1.36. The lowest BCUT2D eigenvalue weighted by molar-refractivity contribution is -0.139. The van der Waals surface area contributed by atoms with E-state index in [0.29, 0.717) is 0 Å². The number of hydrogen-bond donors (Lipinski definition) is 2. The van der Waals surface area contributed by atoms with Crippen molar-refractivity contribution < 1.29 is 19.4 Å². The monoisotopic (exact) mass is 366 g/mol. The van der Waals surface area contributed by atoms with Crippen molar-refractivity contribution in [1.82, 2.24) is 5.32 Å². The second-order valence-electron chi connectivity index (χ2n) is 6.23. The number of carboxylic acids is 1. The SMILES string of the molecule is C[C@H](N=[N+]=[N-])[C@@H](NC(=O)OCC1c2ccccc2-c2ccccc21)C(=O)O. The number of carbonyl (C=O) groups is 2. The van der Waals surface area contributed by atoms with E-state index in [1.807, 2.05) is 48.5 Å². The van der Waals surface area contributed by atoms with Gasteiger partial charge in [-0.25, -0.2) is 9.59 Å². The molecule has 2 atom stereocenters. The van der Waals surface area contributed by atoms with E-state index in [1.165, 1.54) is 6.92 Å². The Balaban J connectivity index is 1.72. The van der Waals surface area contributed by atoms with Crippen molar-refractivity contribution in [2.24, 2.45) is 5.11 Å². The van der Waals surface area contributed by atoms with Gasteiger partial charge in [-0.3, -0.25) is 0 Å². The van der Waals surface area contributed by atoms with Crippen LogP contribution in [0.1, 0.15) is 24.0 Å². The van der Waals surface area contributed by atoms with Crippen LogP contribution in [0.3, 0.4) is 0 Å². The van der Waals surface area contributed by atoms with Crippen molar-refractivity contribution in [2.75, 3.05) is 6.61 Å². The highest BCUT2D eigenvalue weighted by Gasteiger charge is 2.30. The molecule has 0 unspecified atom stereocenters. The summed E-state index contributed by atoms with van der Waals surface area (Å²) in [6.45, 7) is 1.48. The van der Waals surface area contributed by atoms with Crippen LogP contribution in [-0.4, -0.2) is 35.9 Å². The molecule has 8 nitrogen and oxygen atoms in total. The summed E-state index contributed by atoms with van der Waals surface area (Å²) in [5.74, 6) is -1.43. The number of azide groups is 1. The first kappa shape index (κ1) is 18.3. The smallest absolute Gasteiger partial charge is 0.407 e. The Hall–Kier alpha value is -3.51. The van der Waals surface area contributed by atoms with E-state index in [0.717, 1.165) is 22.3 Å². The van der Waals surface area contributed by atoms with Crippen LogP contribution in [-0.2, 0) is 9.53 Å². The molecular weight excluding hydrogens is 348 g/mol. The quantitative estimate of drug-likeness (QED) is 0.459. The highest BCUT2D eigenvalue weighted by molar-refractivity contribution is 5.81.